The molecule has 0 radical (unpaired) electrons. The van der Waals surface area contributed by atoms with Crippen LogP contribution in [0.1, 0.15) is 62.2 Å². The smallest absolute Gasteiger partial charge is 0.133 e. The number of hydrogen-bond acceptors (Lipinski definition) is 6. The van der Waals surface area contributed by atoms with Crippen molar-refractivity contribution in [2.24, 2.45) is 5.92 Å². The minimum Gasteiger partial charge on any atom is -0.489 e. The van der Waals surface area contributed by atoms with E-state index in [1.165, 1.54) is 0 Å². The number of benzene rings is 2. The average molecular weight is 528 g/mol. The highest BCUT2D eigenvalue weighted by molar-refractivity contribution is 5.78. The SMILES string of the molecule is O=C(CCCCOC1CCOCC1)C[C@H](CN1CC[C@@H](F)C1)C(O)c1ccc(OCc2ccccc2)cc1. The Morgan fingerprint density at radius 2 is 1.82 bits per heavy atom. The number of likely N-dealkylation sites (tertiary alicyclic amines) is 1. The fourth-order valence-electron chi connectivity index (χ4n) is 5.24. The number of aliphatic hydroxyl groups excluding tert-OH is 1. The number of hydrogen-bond donors (Lipinski definition) is 1. The average Bonchev–Trinajstić information content (AvgIpc) is 3.36. The van der Waals surface area contributed by atoms with Gasteiger partial charge in [-0.2, -0.15) is 0 Å². The molecule has 38 heavy (non-hydrogen) atoms. The summed E-state index contributed by atoms with van der Waals surface area (Å²) in [6.45, 7) is 4.19. The van der Waals surface area contributed by atoms with E-state index in [0.29, 0.717) is 45.7 Å². The Hall–Kier alpha value is -2.32. The molecule has 2 aliphatic heterocycles. The van der Waals surface area contributed by atoms with E-state index in [0.717, 1.165) is 55.8 Å². The second-order valence-corrected chi connectivity index (χ2v) is 10.6. The van der Waals surface area contributed by atoms with Gasteiger partial charge in [-0.05, 0) is 55.4 Å². The van der Waals surface area contributed by atoms with Crippen molar-refractivity contribution in [3.63, 3.8) is 0 Å². The largest absolute Gasteiger partial charge is 0.489 e. The van der Waals surface area contributed by atoms with E-state index in [9.17, 15) is 14.3 Å². The minimum atomic E-state index is -0.833. The fourth-order valence-corrected chi connectivity index (χ4v) is 5.24. The summed E-state index contributed by atoms with van der Waals surface area (Å²) >= 11 is 0. The van der Waals surface area contributed by atoms with Gasteiger partial charge in [0.05, 0.1) is 12.2 Å². The summed E-state index contributed by atoms with van der Waals surface area (Å²) in [5, 5.41) is 11.3. The molecule has 2 saturated heterocycles. The standard InChI is InChI=1S/C31H42FNO5/c32-27-13-16-33(22-27)21-26(20-28(34)8-4-5-17-37-30-14-18-36-19-15-30)31(35)25-9-11-29(12-10-25)38-23-24-6-2-1-3-7-24/h1-3,6-7,9-12,26-27,30-31,35H,4-5,8,13-23H2/t26-,27-,31?/m1/s1. The van der Waals surface area contributed by atoms with Gasteiger partial charge in [-0.25, -0.2) is 4.39 Å². The van der Waals surface area contributed by atoms with Crippen molar-refractivity contribution in [3.8, 4) is 5.75 Å². The van der Waals surface area contributed by atoms with Crippen LogP contribution in [0.4, 0.5) is 4.39 Å². The van der Waals surface area contributed by atoms with Crippen molar-refractivity contribution in [1.29, 1.82) is 0 Å². The lowest BCUT2D eigenvalue weighted by Gasteiger charge is -2.27. The van der Waals surface area contributed by atoms with Crippen LogP contribution in [0.2, 0.25) is 0 Å². The van der Waals surface area contributed by atoms with Crippen LogP contribution in [0.3, 0.4) is 0 Å². The zero-order valence-corrected chi connectivity index (χ0v) is 22.3. The number of Topliss-reactive ketones (excluding diaryl/α,β-unsaturated/α-hetero) is 1. The third-order valence-corrected chi connectivity index (χ3v) is 7.49. The zero-order valence-electron chi connectivity index (χ0n) is 22.3. The molecule has 2 fully saturated rings. The van der Waals surface area contributed by atoms with Crippen molar-refractivity contribution in [2.75, 3.05) is 39.5 Å². The number of aliphatic hydroxyl groups is 1. The predicted octanol–water partition coefficient (Wildman–Crippen LogP) is 5.28. The Labute approximate surface area is 226 Å². The van der Waals surface area contributed by atoms with Gasteiger partial charge in [0.15, 0.2) is 0 Å². The summed E-state index contributed by atoms with van der Waals surface area (Å²) in [7, 11) is 0. The van der Waals surface area contributed by atoms with Crippen LogP contribution in [0.15, 0.2) is 54.6 Å². The fraction of sp³-hybridized carbons (Fsp3) is 0.581. The first kappa shape index (κ1) is 28.7. The summed E-state index contributed by atoms with van der Waals surface area (Å²) in [6, 6.07) is 17.4. The van der Waals surface area contributed by atoms with Gasteiger partial charge in [0.25, 0.3) is 0 Å². The monoisotopic (exact) mass is 527 g/mol. The summed E-state index contributed by atoms with van der Waals surface area (Å²) < 4.78 is 31.0. The molecule has 0 aliphatic carbocycles. The van der Waals surface area contributed by atoms with Gasteiger partial charge in [-0.3, -0.25) is 9.69 Å². The molecule has 3 atom stereocenters. The third-order valence-electron chi connectivity index (χ3n) is 7.49. The Kier molecular flexibility index (Phi) is 11.6. The van der Waals surface area contributed by atoms with Crippen LogP contribution >= 0.6 is 0 Å². The van der Waals surface area contributed by atoms with Gasteiger partial charge < -0.3 is 19.3 Å². The molecule has 1 unspecified atom stereocenters. The lowest BCUT2D eigenvalue weighted by molar-refractivity contribution is -0.121. The number of carbonyl (C=O) groups is 1. The van der Waals surface area contributed by atoms with Crippen molar-refractivity contribution in [3.05, 3.63) is 65.7 Å². The molecule has 7 heteroatoms. The molecule has 2 aliphatic rings. The van der Waals surface area contributed by atoms with Gasteiger partial charge in [0.2, 0.25) is 0 Å². The van der Waals surface area contributed by atoms with Crippen LogP contribution in [-0.2, 0) is 20.9 Å². The van der Waals surface area contributed by atoms with Gasteiger partial charge in [-0.1, -0.05) is 42.5 Å². The quantitative estimate of drug-likeness (QED) is 0.318. The third kappa shape index (κ3) is 9.45. The maximum absolute atomic E-state index is 13.8. The summed E-state index contributed by atoms with van der Waals surface area (Å²) in [5.74, 6) is 0.571. The number of ketones is 1. The molecule has 0 saturated carbocycles. The molecule has 208 valence electrons. The lowest BCUT2D eigenvalue weighted by Crippen LogP contribution is -2.32. The van der Waals surface area contributed by atoms with E-state index in [-0.39, 0.29) is 24.2 Å². The van der Waals surface area contributed by atoms with Gasteiger partial charge in [-0.15, -0.1) is 0 Å². The molecule has 0 bridgehead atoms. The van der Waals surface area contributed by atoms with Crippen molar-refractivity contribution >= 4 is 5.78 Å². The van der Waals surface area contributed by atoms with Crippen LogP contribution in [0.25, 0.3) is 0 Å². The van der Waals surface area contributed by atoms with Gasteiger partial charge >= 0.3 is 0 Å². The number of halogens is 1. The molecule has 0 spiro atoms. The Bertz CT molecular complexity index is 951. The highest BCUT2D eigenvalue weighted by Crippen LogP contribution is 2.29. The summed E-state index contributed by atoms with van der Waals surface area (Å²) in [5.41, 5.74) is 1.83. The number of rotatable bonds is 15. The molecule has 0 aromatic heterocycles. The number of unbranched alkanes of at least 4 members (excludes halogenated alkanes) is 1. The first-order chi connectivity index (χ1) is 18.6. The van der Waals surface area contributed by atoms with E-state index < -0.39 is 12.3 Å². The first-order valence-electron chi connectivity index (χ1n) is 14.1. The van der Waals surface area contributed by atoms with Crippen LogP contribution in [0.5, 0.6) is 5.75 Å². The summed E-state index contributed by atoms with van der Waals surface area (Å²) in [6.07, 6.45) is 3.39. The van der Waals surface area contributed by atoms with E-state index in [2.05, 4.69) is 0 Å². The number of alkyl halides is 1. The van der Waals surface area contributed by atoms with Gasteiger partial charge in [0, 0.05) is 58.2 Å². The molecule has 2 heterocycles. The van der Waals surface area contributed by atoms with E-state index in [1.54, 1.807) is 0 Å². The normalized spacial score (nSPS) is 20.3. The van der Waals surface area contributed by atoms with E-state index in [1.807, 2.05) is 59.5 Å². The van der Waals surface area contributed by atoms with Crippen LogP contribution < -0.4 is 4.74 Å². The Balaban J connectivity index is 1.27. The molecule has 2 aromatic rings. The van der Waals surface area contributed by atoms with Gasteiger partial charge in [0.1, 0.15) is 24.3 Å². The van der Waals surface area contributed by atoms with Crippen LogP contribution in [-0.4, -0.2) is 67.5 Å². The van der Waals surface area contributed by atoms with Crippen LogP contribution in [0, 0.1) is 5.92 Å². The molecule has 4 rings (SSSR count). The molecule has 0 amide bonds. The van der Waals surface area contributed by atoms with Crippen molar-refractivity contribution < 1.29 is 28.5 Å². The molecule has 1 N–H and O–H groups in total. The van der Waals surface area contributed by atoms with E-state index >= 15 is 0 Å². The van der Waals surface area contributed by atoms with Crippen molar-refractivity contribution in [2.45, 2.75) is 69.9 Å². The first-order valence-corrected chi connectivity index (χ1v) is 14.1. The minimum absolute atomic E-state index is 0.138. The predicted molar refractivity (Wildman–Crippen MR) is 145 cm³/mol. The molecule has 6 nitrogen and oxygen atoms in total. The molecular formula is C31H42FNO5. The summed E-state index contributed by atoms with van der Waals surface area (Å²) in [4.78, 5) is 14.9. The topological polar surface area (TPSA) is 68.2 Å². The zero-order chi connectivity index (χ0) is 26.6. The number of carbonyl (C=O) groups excluding carboxylic acids is 1. The van der Waals surface area contributed by atoms with Crippen molar-refractivity contribution in [1.82, 2.24) is 4.90 Å². The maximum Gasteiger partial charge on any atom is 0.133 e. The molecular weight excluding hydrogens is 485 g/mol. The second kappa shape index (κ2) is 15.3. The highest BCUT2D eigenvalue weighted by atomic mass is 19.1. The Morgan fingerprint density at radius 3 is 2.53 bits per heavy atom. The number of nitrogens with zero attached hydrogens (tertiary/aromatic N) is 1. The second-order valence-electron chi connectivity index (χ2n) is 10.6. The Morgan fingerprint density at radius 1 is 1.05 bits per heavy atom. The van der Waals surface area contributed by atoms with E-state index in [4.69, 9.17) is 14.2 Å². The lowest BCUT2D eigenvalue weighted by atomic mass is 9.89. The molecule has 2 aromatic carbocycles. The maximum atomic E-state index is 13.8. The highest BCUT2D eigenvalue weighted by Gasteiger charge is 2.30. The number of ether oxygens (including phenoxy) is 3.